The third-order valence-electron chi connectivity index (χ3n) is 4.53. The molecule has 0 aromatic heterocycles. The molecule has 0 aliphatic carbocycles. The topological polar surface area (TPSA) is 46.1 Å². The van der Waals surface area contributed by atoms with Crippen molar-refractivity contribution in [1.82, 2.24) is 10.2 Å². The Hall–Kier alpha value is -1.75. The average molecular weight is 348 g/mol. The van der Waals surface area contributed by atoms with Crippen LogP contribution < -0.4 is 10.1 Å². The molecule has 140 valence electrons. The smallest absolute Gasteiger partial charge is 0.193 e. The molecule has 1 fully saturated rings. The van der Waals surface area contributed by atoms with Crippen molar-refractivity contribution in [3.05, 3.63) is 29.8 Å². The van der Waals surface area contributed by atoms with E-state index in [1.807, 2.05) is 19.1 Å². The number of guanidine groups is 1. The quantitative estimate of drug-likeness (QED) is 0.579. The summed E-state index contributed by atoms with van der Waals surface area (Å²) in [5, 5.41) is 3.40. The Balaban J connectivity index is 1.90. The molecule has 0 amide bonds. The molecule has 1 aromatic carbocycles. The van der Waals surface area contributed by atoms with E-state index < -0.39 is 0 Å². The van der Waals surface area contributed by atoms with Crippen LogP contribution >= 0.6 is 0 Å². The second-order valence-corrected chi connectivity index (χ2v) is 6.52. The molecule has 1 heterocycles. The molecule has 1 saturated heterocycles. The molecular weight excluding hydrogens is 314 g/mol. The molecule has 1 N–H and O–H groups in total. The number of nitrogens with zero attached hydrogens (tertiary/aromatic N) is 2. The highest BCUT2D eigenvalue weighted by Crippen LogP contribution is 2.18. The first kappa shape index (κ1) is 19.6. The van der Waals surface area contributed by atoms with Gasteiger partial charge in [0.15, 0.2) is 5.96 Å². The van der Waals surface area contributed by atoms with Gasteiger partial charge in [0.25, 0.3) is 0 Å². The Bertz CT molecular complexity index is 527. The van der Waals surface area contributed by atoms with E-state index in [4.69, 9.17) is 14.5 Å². The first-order valence-corrected chi connectivity index (χ1v) is 9.51. The fourth-order valence-corrected chi connectivity index (χ4v) is 3.05. The van der Waals surface area contributed by atoms with Crippen molar-refractivity contribution in [2.24, 2.45) is 10.9 Å². The lowest BCUT2D eigenvalue weighted by molar-refractivity contribution is 0.0625. The summed E-state index contributed by atoms with van der Waals surface area (Å²) in [5.74, 6) is 2.66. The van der Waals surface area contributed by atoms with Crippen LogP contribution in [-0.2, 0) is 11.3 Å². The molecule has 0 unspecified atom stereocenters. The van der Waals surface area contributed by atoms with Gasteiger partial charge in [-0.3, -0.25) is 0 Å². The normalized spacial score (nSPS) is 15.9. The third-order valence-corrected chi connectivity index (χ3v) is 4.53. The number of rotatable bonds is 8. The van der Waals surface area contributed by atoms with Crippen LogP contribution in [0.5, 0.6) is 5.75 Å². The van der Waals surface area contributed by atoms with Gasteiger partial charge in [0, 0.05) is 33.4 Å². The number of aliphatic imine (C=N–C) groups is 1. The fourth-order valence-electron chi connectivity index (χ4n) is 3.05. The largest absolute Gasteiger partial charge is 0.494 e. The van der Waals surface area contributed by atoms with Crippen molar-refractivity contribution >= 4 is 5.96 Å². The van der Waals surface area contributed by atoms with Gasteiger partial charge >= 0.3 is 0 Å². The summed E-state index contributed by atoms with van der Waals surface area (Å²) in [7, 11) is 2.12. The van der Waals surface area contributed by atoms with Crippen LogP contribution in [0, 0.1) is 5.92 Å². The van der Waals surface area contributed by atoms with E-state index in [1.54, 1.807) is 0 Å². The highest BCUT2D eigenvalue weighted by Gasteiger charge is 2.15. The Kier molecular flexibility index (Phi) is 8.60. The van der Waals surface area contributed by atoms with Crippen LogP contribution in [0.25, 0.3) is 0 Å². The minimum atomic E-state index is 0.658. The lowest BCUT2D eigenvalue weighted by Crippen LogP contribution is -2.40. The van der Waals surface area contributed by atoms with E-state index in [9.17, 15) is 0 Å². The summed E-state index contributed by atoms with van der Waals surface area (Å²) in [6.45, 7) is 9.18. The highest BCUT2D eigenvalue weighted by molar-refractivity contribution is 5.79. The zero-order valence-corrected chi connectivity index (χ0v) is 16.0. The molecule has 1 aromatic rings. The van der Waals surface area contributed by atoms with Gasteiger partial charge < -0.3 is 19.7 Å². The van der Waals surface area contributed by atoms with Crippen LogP contribution in [0.4, 0.5) is 0 Å². The molecular formula is C20H33N3O2. The molecule has 0 atom stereocenters. The van der Waals surface area contributed by atoms with Crippen LogP contribution in [0.3, 0.4) is 0 Å². The van der Waals surface area contributed by atoms with Gasteiger partial charge in [-0.1, -0.05) is 12.1 Å². The number of benzene rings is 1. The van der Waals surface area contributed by atoms with Gasteiger partial charge in [0.2, 0.25) is 0 Å². The van der Waals surface area contributed by atoms with Gasteiger partial charge in [-0.05, 0) is 56.7 Å². The first-order chi connectivity index (χ1) is 12.2. The van der Waals surface area contributed by atoms with Gasteiger partial charge in [0.05, 0.1) is 13.2 Å². The van der Waals surface area contributed by atoms with Crippen LogP contribution in [-0.4, -0.2) is 50.8 Å². The summed E-state index contributed by atoms with van der Waals surface area (Å²) < 4.78 is 11.0. The van der Waals surface area contributed by atoms with Crippen LogP contribution in [0.2, 0.25) is 0 Å². The number of hydrogen-bond donors (Lipinski definition) is 1. The van der Waals surface area contributed by atoms with E-state index in [2.05, 4.69) is 36.3 Å². The number of nitrogens with one attached hydrogen (secondary N) is 1. The monoisotopic (exact) mass is 347 g/mol. The zero-order valence-electron chi connectivity index (χ0n) is 16.0. The van der Waals surface area contributed by atoms with E-state index in [0.29, 0.717) is 13.2 Å². The first-order valence-electron chi connectivity index (χ1n) is 9.51. The van der Waals surface area contributed by atoms with Crippen molar-refractivity contribution in [3.8, 4) is 5.75 Å². The molecule has 25 heavy (non-hydrogen) atoms. The Morgan fingerprint density at radius 3 is 2.84 bits per heavy atom. The predicted octanol–water partition coefficient (Wildman–Crippen LogP) is 3.30. The van der Waals surface area contributed by atoms with Crippen molar-refractivity contribution in [2.45, 2.75) is 39.7 Å². The number of hydrogen-bond acceptors (Lipinski definition) is 3. The summed E-state index contributed by atoms with van der Waals surface area (Å²) in [6.07, 6.45) is 3.57. The van der Waals surface area contributed by atoms with E-state index in [-0.39, 0.29) is 0 Å². The molecule has 0 radical (unpaired) electrons. The summed E-state index contributed by atoms with van der Waals surface area (Å²) in [6, 6.07) is 8.18. The maximum atomic E-state index is 5.57. The maximum absolute atomic E-state index is 5.57. The van der Waals surface area contributed by atoms with E-state index in [0.717, 1.165) is 43.9 Å². The maximum Gasteiger partial charge on any atom is 0.193 e. The van der Waals surface area contributed by atoms with Crippen molar-refractivity contribution in [1.29, 1.82) is 0 Å². The van der Waals surface area contributed by atoms with E-state index in [1.165, 1.54) is 24.8 Å². The second kappa shape index (κ2) is 11.0. The molecule has 1 aliphatic heterocycles. The predicted molar refractivity (Wildman–Crippen MR) is 103 cm³/mol. The summed E-state index contributed by atoms with van der Waals surface area (Å²) in [4.78, 5) is 7.04. The Labute approximate surface area is 152 Å². The van der Waals surface area contributed by atoms with Crippen molar-refractivity contribution < 1.29 is 9.47 Å². The Morgan fingerprint density at radius 2 is 2.12 bits per heavy atom. The molecule has 2 rings (SSSR count). The third kappa shape index (κ3) is 6.94. The number of ether oxygens (including phenoxy) is 2. The minimum Gasteiger partial charge on any atom is -0.494 e. The highest BCUT2D eigenvalue weighted by atomic mass is 16.5. The van der Waals surface area contributed by atoms with Gasteiger partial charge in [-0.25, -0.2) is 4.99 Å². The van der Waals surface area contributed by atoms with Crippen molar-refractivity contribution in [3.63, 3.8) is 0 Å². The lowest BCUT2D eigenvalue weighted by atomic mass is 9.96. The van der Waals surface area contributed by atoms with Crippen LogP contribution in [0.15, 0.2) is 29.3 Å². The summed E-state index contributed by atoms with van der Waals surface area (Å²) in [5.41, 5.74) is 1.17. The minimum absolute atomic E-state index is 0.658. The van der Waals surface area contributed by atoms with Crippen LogP contribution in [0.1, 0.15) is 38.7 Å². The lowest BCUT2D eigenvalue weighted by Gasteiger charge is -2.26. The average Bonchev–Trinajstić information content (AvgIpc) is 2.64. The second-order valence-electron chi connectivity index (χ2n) is 6.52. The molecule has 0 bridgehead atoms. The fraction of sp³-hybridized carbons (Fsp3) is 0.650. The molecule has 0 spiro atoms. The zero-order chi connectivity index (χ0) is 17.9. The SMILES string of the molecule is CCNC(=NCc1cccc(OCC)c1)N(C)CCC1CCOCC1. The van der Waals surface area contributed by atoms with Gasteiger partial charge in [-0.15, -0.1) is 0 Å². The standard InChI is InChI=1S/C20H33N3O2/c1-4-21-20(23(3)12-9-17-10-13-24-14-11-17)22-16-18-7-6-8-19(15-18)25-5-2/h6-8,15,17H,4-5,9-14,16H2,1-3H3,(H,21,22). The molecule has 5 nitrogen and oxygen atoms in total. The van der Waals surface area contributed by atoms with Gasteiger partial charge in [0.1, 0.15) is 5.75 Å². The summed E-state index contributed by atoms with van der Waals surface area (Å²) >= 11 is 0. The molecule has 1 aliphatic rings. The molecule has 5 heteroatoms. The Morgan fingerprint density at radius 1 is 1.32 bits per heavy atom. The molecule has 0 saturated carbocycles. The van der Waals surface area contributed by atoms with Crippen molar-refractivity contribution in [2.75, 3.05) is 40.0 Å². The van der Waals surface area contributed by atoms with Gasteiger partial charge in [-0.2, -0.15) is 0 Å². The van der Waals surface area contributed by atoms with E-state index >= 15 is 0 Å².